The molecule has 3 rings (SSSR count). The number of carbonyl (C=O) groups is 2. The molecule has 0 aliphatic carbocycles. The van der Waals surface area contributed by atoms with E-state index in [-0.39, 0.29) is 12.1 Å². The molecule has 0 saturated carbocycles. The molecule has 2 aliphatic rings. The van der Waals surface area contributed by atoms with Crippen molar-refractivity contribution in [2.24, 2.45) is 11.8 Å². The van der Waals surface area contributed by atoms with Crippen molar-refractivity contribution in [3.63, 3.8) is 0 Å². The molecule has 0 bridgehead atoms. The fourth-order valence-corrected chi connectivity index (χ4v) is 3.61. The lowest BCUT2D eigenvalue weighted by atomic mass is 10.0. The summed E-state index contributed by atoms with van der Waals surface area (Å²) in [6.45, 7) is 10.9. The van der Waals surface area contributed by atoms with Gasteiger partial charge in [-0.15, -0.1) is 0 Å². The summed E-state index contributed by atoms with van der Waals surface area (Å²) in [5.74, 6) is 0.472. The molecule has 2 saturated heterocycles. The van der Waals surface area contributed by atoms with Crippen LogP contribution in [0.1, 0.15) is 38.1 Å². The first-order valence-corrected chi connectivity index (χ1v) is 9.12. The lowest BCUT2D eigenvalue weighted by molar-refractivity contribution is 0.0282. The summed E-state index contributed by atoms with van der Waals surface area (Å²) in [6.07, 6.45) is 3.07. The van der Waals surface area contributed by atoms with E-state index in [1.165, 1.54) is 6.20 Å². The van der Waals surface area contributed by atoms with E-state index in [0.29, 0.717) is 37.1 Å². The molecule has 1 amide bonds. The third-order valence-electron chi connectivity index (χ3n) is 4.74. The number of hydrogen-bond donors (Lipinski definition) is 0. The fourth-order valence-electron chi connectivity index (χ4n) is 3.61. The quantitative estimate of drug-likeness (QED) is 0.771. The summed E-state index contributed by atoms with van der Waals surface area (Å²) < 4.78 is 10.5. The highest BCUT2D eigenvalue weighted by molar-refractivity contribution is 5.90. The number of nitrogens with zero attached hydrogens (tertiary/aromatic N) is 3. The number of aromatic nitrogens is 1. The highest BCUT2D eigenvalue weighted by atomic mass is 16.6. The van der Waals surface area contributed by atoms with Gasteiger partial charge in [0.25, 0.3) is 0 Å². The average molecular weight is 361 g/mol. The monoisotopic (exact) mass is 361 g/mol. The van der Waals surface area contributed by atoms with Crippen molar-refractivity contribution in [3.8, 4) is 0 Å². The van der Waals surface area contributed by atoms with Crippen molar-refractivity contribution < 1.29 is 19.1 Å². The van der Waals surface area contributed by atoms with Crippen LogP contribution in [0.5, 0.6) is 0 Å². The lowest BCUT2D eigenvalue weighted by Gasteiger charge is -2.26. The first-order valence-electron chi connectivity index (χ1n) is 9.12. The zero-order chi connectivity index (χ0) is 18.9. The van der Waals surface area contributed by atoms with Crippen LogP contribution in [0.25, 0.3) is 0 Å². The van der Waals surface area contributed by atoms with E-state index in [0.717, 1.165) is 18.8 Å². The predicted octanol–water partition coefficient (Wildman–Crippen LogP) is 2.56. The normalized spacial score (nSPS) is 22.3. The molecule has 26 heavy (non-hydrogen) atoms. The summed E-state index contributed by atoms with van der Waals surface area (Å²) in [5.41, 5.74) is 0.922. The van der Waals surface area contributed by atoms with Gasteiger partial charge in [0.05, 0.1) is 24.1 Å². The van der Waals surface area contributed by atoms with Crippen molar-refractivity contribution in [1.82, 2.24) is 9.88 Å². The Bertz CT molecular complexity index is 672. The van der Waals surface area contributed by atoms with E-state index in [2.05, 4.69) is 9.88 Å². The van der Waals surface area contributed by atoms with Gasteiger partial charge in [0, 0.05) is 44.2 Å². The van der Waals surface area contributed by atoms with Crippen LogP contribution in [0.4, 0.5) is 10.5 Å². The van der Waals surface area contributed by atoms with Crippen LogP contribution in [0.15, 0.2) is 18.5 Å². The van der Waals surface area contributed by atoms with Crippen LogP contribution in [-0.2, 0) is 9.47 Å². The first-order chi connectivity index (χ1) is 12.3. The summed E-state index contributed by atoms with van der Waals surface area (Å²) in [5, 5.41) is 0. The fraction of sp³-hybridized carbons (Fsp3) is 0.632. The van der Waals surface area contributed by atoms with Crippen molar-refractivity contribution >= 4 is 17.7 Å². The van der Waals surface area contributed by atoms with Gasteiger partial charge in [0.2, 0.25) is 0 Å². The van der Waals surface area contributed by atoms with Gasteiger partial charge in [-0.1, -0.05) is 0 Å². The van der Waals surface area contributed by atoms with Crippen molar-refractivity contribution in [1.29, 1.82) is 0 Å². The molecule has 0 N–H and O–H groups in total. The average Bonchev–Trinajstić information content (AvgIpc) is 3.12. The van der Waals surface area contributed by atoms with E-state index in [9.17, 15) is 9.59 Å². The number of anilines is 1. The van der Waals surface area contributed by atoms with Gasteiger partial charge in [-0.05, 0) is 33.8 Å². The molecule has 2 fully saturated rings. The number of likely N-dealkylation sites (tertiary alicyclic amines) is 1. The maximum absolute atomic E-state index is 12.3. The van der Waals surface area contributed by atoms with E-state index >= 15 is 0 Å². The summed E-state index contributed by atoms with van der Waals surface area (Å²) in [6, 6.07) is 1.83. The number of amides is 1. The minimum Gasteiger partial charge on any atom is -0.462 e. The van der Waals surface area contributed by atoms with Gasteiger partial charge < -0.3 is 19.3 Å². The Kier molecular flexibility index (Phi) is 5.07. The number of pyridine rings is 1. The number of rotatable bonds is 3. The maximum atomic E-state index is 12.3. The van der Waals surface area contributed by atoms with Gasteiger partial charge in [0.15, 0.2) is 0 Å². The largest absolute Gasteiger partial charge is 0.462 e. The zero-order valence-corrected chi connectivity index (χ0v) is 15.9. The molecular weight excluding hydrogens is 334 g/mol. The van der Waals surface area contributed by atoms with Crippen molar-refractivity contribution in [2.75, 3.05) is 37.7 Å². The predicted molar refractivity (Wildman–Crippen MR) is 97.2 cm³/mol. The minimum atomic E-state index is -0.472. The van der Waals surface area contributed by atoms with Gasteiger partial charge in [-0.25, -0.2) is 9.59 Å². The lowest BCUT2D eigenvalue weighted by Crippen LogP contribution is -2.37. The van der Waals surface area contributed by atoms with E-state index in [1.807, 2.05) is 31.7 Å². The van der Waals surface area contributed by atoms with Gasteiger partial charge in [-0.2, -0.15) is 0 Å². The number of esters is 1. The second-order valence-electron chi connectivity index (χ2n) is 7.96. The molecule has 2 aliphatic heterocycles. The van der Waals surface area contributed by atoms with Gasteiger partial charge in [-0.3, -0.25) is 4.98 Å². The molecule has 1 aromatic rings. The molecule has 2 unspecified atom stereocenters. The molecule has 0 aromatic carbocycles. The third-order valence-corrected chi connectivity index (χ3v) is 4.74. The maximum Gasteiger partial charge on any atom is 0.410 e. The van der Waals surface area contributed by atoms with Gasteiger partial charge >= 0.3 is 12.1 Å². The third kappa shape index (κ3) is 4.08. The number of hydrogen-bond acceptors (Lipinski definition) is 6. The zero-order valence-electron chi connectivity index (χ0n) is 15.9. The first kappa shape index (κ1) is 18.5. The number of carbonyl (C=O) groups excluding carboxylic acids is 2. The molecule has 2 atom stereocenters. The van der Waals surface area contributed by atoms with Crippen LogP contribution in [0.2, 0.25) is 0 Å². The Hall–Kier alpha value is -2.31. The second kappa shape index (κ2) is 7.13. The summed E-state index contributed by atoms with van der Waals surface area (Å²) >= 11 is 0. The molecule has 0 spiro atoms. The van der Waals surface area contributed by atoms with E-state index < -0.39 is 5.60 Å². The highest BCUT2D eigenvalue weighted by Gasteiger charge is 2.42. The summed E-state index contributed by atoms with van der Waals surface area (Å²) in [4.78, 5) is 32.4. The molecule has 142 valence electrons. The molecule has 1 aromatic heterocycles. The van der Waals surface area contributed by atoms with E-state index in [4.69, 9.17) is 9.47 Å². The van der Waals surface area contributed by atoms with Crippen molar-refractivity contribution in [3.05, 3.63) is 24.0 Å². The smallest absolute Gasteiger partial charge is 0.410 e. The number of ether oxygens (including phenoxy) is 2. The molecule has 7 nitrogen and oxygen atoms in total. The minimum absolute atomic E-state index is 0.232. The molecule has 7 heteroatoms. The van der Waals surface area contributed by atoms with Crippen molar-refractivity contribution in [2.45, 2.75) is 33.3 Å². The van der Waals surface area contributed by atoms with Gasteiger partial charge in [0.1, 0.15) is 5.60 Å². The SMILES string of the molecule is CCOC(=O)c1cncc(N2CC3CN(C(=O)OC(C)(C)C)CC3C2)c1. The summed E-state index contributed by atoms with van der Waals surface area (Å²) in [7, 11) is 0. The van der Waals surface area contributed by atoms with Crippen LogP contribution < -0.4 is 4.90 Å². The topological polar surface area (TPSA) is 72.0 Å². The molecule has 0 radical (unpaired) electrons. The van der Waals surface area contributed by atoms with E-state index in [1.54, 1.807) is 13.1 Å². The Morgan fingerprint density at radius 1 is 1.15 bits per heavy atom. The Morgan fingerprint density at radius 3 is 2.38 bits per heavy atom. The van der Waals surface area contributed by atoms with Crippen LogP contribution in [-0.4, -0.2) is 60.3 Å². The Morgan fingerprint density at radius 2 is 1.81 bits per heavy atom. The second-order valence-corrected chi connectivity index (χ2v) is 7.96. The van der Waals surface area contributed by atoms with Crippen LogP contribution >= 0.6 is 0 Å². The standard InChI is InChI=1S/C19H27N3O4/c1-5-25-17(23)13-6-16(8-20-7-13)21-9-14-11-22(12-15(14)10-21)18(24)26-19(2,3)4/h6-8,14-15H,5,9-12H2,1-4H3. The molecule has 3 heterocycles. The number of fused-ring (bicyclic) bond motifs is 1. The molecular formula is C19H27N3O4. The Labute approximate surface area is 154 Å². The Balaban J connectivity index is 1.61. The van der Waals surface area contributed by atoms with Crippen LogP contribution in [0.3, 0.4) is 0 Å². The highest BCUT2D eigenvalue weighted by Crippen LogP contribution is 2.34. The van der Waals surface area contributed by atoms with Crippen LogP contribution in [0, 0.1) is 11.8 Å².